The first-order valence-electron chi connectivity index (χ1n) is 7.25. The lowest BCUT2D eigenvalue weighted by Gasteiger charge is -2.25. The number of carbonyl (C=O) groups is 1. The second kappa shape index (κ2) is 9.49. The Bertz CT molecular complexity index is 199. The molecule has 0 spiro atoms. The zero-order chi connectivity index (χ0) is 13.3. The Hall–Kier alpha value is -0.530. The topological polar surface area (TPSA) is 37.3 Å². The molecule has 0 fully saturated rings. The van der Waals surface area contributed by atoms with E-state index < -0.39 is 5.97 Å². The zero-order valence-electron chi connectivity index (χ0n) is 12.0. The summed E-state index contributed by atoms with van der Waals surface area (Å²) in [6, 6.07) is 0. The van der Waals surface area contributed by atoms with Crippen molar-refractivity contribution in [2.75, 3.05) is 0 Å². The summed E-state index contributed by atoms with van der Waals surface area (Å²) in [5.41, 5.74) is 0. The van der Waals surface area contributed by atoms with Gasteiger partial charge in [-0.3, -0.25) is 4.79 Å². The molecule has 0 aliphatic carbocycles. The van der Waals surface area contributed by atoms with E-state index in [4.69, 9.17) is 0 Å². The molecule has 0 heterocycles. The maximum absolute atomic E-state index is 11.4. The highest BCUT2D eigenvalue weighted by Crippen LogP contribution is 2.29. The minimum absolute atomic E-state index is 0.133. The monoisotopic (exact) mass is 242 g/mol. The highest BCUT2D eigenvalue weighted by atomic mass is 16.4. The highest BCUT2D eigenvalue weighted by molar-refractivity contribution is 5.70. The molecule has 0 saturated heterocycles. The molecule has 0 aromatic rings. The van der Waals surface area contributed by atoms with Gasteiger partial charge in [0, 0.05) is 0 Å². The molecule has 2 nitrogen and oxygen atoms in total. The van der Waals surface area contributed by atoms with Crippen LogP contribution in [-0.2, 0) is 4.79 Å². The minimum atomic E-state index is -0.589. The van der Waals surface area contributed by atoms with Crippen LogP contribution in [-0.4, -0.2) is 11.1 Å². The van der Waals surface area contributed by atoms with Crippen LogP contribution >= 0.6 is 0 Å². The van der Waals surface area contributed by atoms with Crippen LogP contribution in [0.3, 0.4) is 0 Å². The summed E-state index contributed by atoms with van der Waals surface area (Å²) in [4.78, 5) is 11.4. The predicted octanol–water partition coefficient (Wildman–Crippen LogP) is 4.73. The molecule has 0 aromatic carbocycles. The van der Waals surface area contributed by atoms with Gasteiger partial charge in [-0.2, -0.15) is 0 Å². The molecule has 17 heavy (non-hydrogen) atoms. The van der Waals surface area contributed by atoms with E-state index in [9.17, 15) is 9.90 Å². The second-order valence-corrected chi connectivity index (χ2v) is 5.62. The molecule has 0 aliphatic rings. The molecule has 2 heteroatoms. The minimum Gasteiger partial charge on any atom is -0.481 e. The third-order valence-corrected chi connectivity index (χ3v) is 3.45. The fourth-order valence-electron chi connectivity index (χ4n) is 2.58. The Morgan fingerprint density at radius 3 is 2.12 bits per heavy atom. The smallest absolute Gasteiger partial charge is 0.306 e. The fourth-order valence-corrected chi connectivity index (χ4v) is 2.58. The lowest BCUT2D eigenvalue weighted by atomic mass is 9.80. The quantitative estimate of drug-likeness (QED) is 0.562. The number of hydrogen-bond donors (Lipinski definition) is 1. The van der Waals surface area contributed by atoms with Gasteiger partial charge in [-0.25, -0.2) is 0 Å². The average molecular weight is 242 g/mol. The molecule has 0 aliphatic heterocycles. The Morgan fingerprint density at radius 1 is 1.06 bits per heavy atom. The summed E-state index contributed by atoms with van der Waals surface area (Å²) in [5, 5.41) is 9.38. The van der Waals surface area contributed by atoms with Crippen molar-refractivity contribution in [2.45, 2.75) is 72.6 Å². The van der Waals surface area contributed by atoms with Crippen LogP contribution in [0.2, 0.25) is 0 Å². The molecular formula is C15H30O2. The van der Waals surface area contributed by atoms with Gasteiger partial charge in [0.1, 0.15) is 0 Å². The molecule has 2 atom stereocenters. The molecule has 0 rings (SSSR count). The van der Waals surface area contributed by atoms with Gasteiger partial charge >= 0.3 is 5.97 Å². The normalized spacial score (nSPS) is 14.9. The van der Waals surface area contributed by atoms with E-state index in [-0.39, 0.29) is 5.92 Å². The number of unbranched alkanes of at least 4 members (excludes halogenated alkanes) is 2. The van der Waals surface area contributed by atoms with Crippen LogP contribution < -0.4 is 0 Å². The molecule has 0 saturated carbocycles. The first-order valence-corrected chi connectivity index (χ1v) is 7.25. The van der Waals surface area contributed by atoms with E-state index in [2.05, 4.69) is 27.7 Å². The van der Waals surface area contributed by atoms with Gasteiger partial charge in [0.25, 0.3) is 0 Å². The number of carboxylic acids is 1. The standard InChI is InChI=1S/C15H30O2/c1-5-7-8-10-13(9-6-2)14(15(16)17)11-12(3)4/h12-14H,5-11H2,1-4H3,(H,16,17)/t13-,14-/m1/s1. The molecule has 0 aromatic heterocycles. The van der Waals surface area contributed by atoms with Gasteiger partial charge in [0.15, 0.2) is 0 Å². The number of rotatable bonds is 10. The predicted molar refractivity (Wildman–Crippen MR) is 73.1 cm³/mol. The van der Waals surface area contributed by atoms with E-state index in [1.165, 1.54) is 19.3 Å². The molecule has 0 radical (unpaired) electrons. The van der Waals surface area contributed by atoms with E-state index in [1.54, 1.807) is 0 Å². The third kappa shape index (κ3) is 7.40. The van der Waals surface area contributed by atoms with Gasteiger partial charge in [-0.15, -0.1) is 0 Å². The summed E-state index contributed by atoms with van der Waals surface area (Å²) >= 11 is 0. The Kier molecular flexibility index (Phi) is 9.20. The fraction of sp³-hybridized carbons (Fsp3) is 0.933. The van der Waals surface area contributed by atoms with Crippen molar-refractivity contribution in [2.24, 2.45) is 17.8 Å². The second-order valence-electron chi connectivity index (χ2n) is 5.62. The van der Waals surface area contributed by atoms with Gasteiger partial charge in [-0.05, 0) is 31.1 Å². The van der Waals surface area contributed by atoms with Crippen LogP contribution in [0.1, 0.15) is 72.6 Å². The zero-order valence-corrected chi connectivity index (χ0v) is 12.0. The van der Waals surface area contributed by atoms with Crippen molar-refractivity contribution in [1.82, 2.24) is 0 Å². The van der Waals surface area contributed by atoms with E-state index in [0.29, 0.717) is 11.8 Å². The first kappa shape index (κ1) is 16.5. The summed E-state index contributed by atoms with van der Waals surface area (Å²) in [7, 11) is 0. The van der Waals surface area contributed by atoms with Crippen molar-refractivity contribution in [3.8, 4) is 0 Å². The Labute approximate surface area is 107 Å². The van der Waals surface area contributed by atoms with E-state index in [0.717, 1.165) is 25.7 Å². The SMILES string of the molecule is CCCCC[C@@H](CCC)[C@@H](CC(C)C)C(=O)O. The molecule has 0 amide bonds. The maximum atomic E-state index is 11.4. The van der Waals surface area contributed by atoms with Gasteiger partial charge in [0.05, 0.1) is 5.92 Å². The van der Waals surface area contributed by atoms with Crippen molar-refractivity contribution >= 4 is 5.97 Å². The number of hydrogen-bond acceptors (Lipinski definition) is 1. The average Bonchev–Trinajstić information content (AvgIpc) is 2.24. The van der Waals surface area contributed by atoms with Crippen LogP contribution in [0.25, 0.3) is 0 Å². The lowest BCUT2D eigenvalue weighted by molar-refractivity contribution is -0.144. The number of carboxylic acid groups (broad SMARTS) is 1. The van der Waals surface area contributed by atoms with Gasteiger partial charge < -0.3 is 5.11 Å². The molecular weight excluding hydrogens is 212 g/mol. The van der Waals surface area contributed by atoms with Crippen LogP contribution in [0, 0.1) is 17.8 Å². The van der Waals surface area contributed by atoms with E-state index in [1.807, 2.05) is 0 Å². The summed E-state index contributed by atoms with van der Waals surface area (Å²) in [5.74, 6) is 0.133. The Balaban J connectivity index is 4.41. The van der Waals surface area contributed by atoms with Crippen molar-refractivity contribution in [3.05, 3.63) is 0 Å². The molecule has 0 unspecified atom stereocenters. The van der Waals surface area contributed by atoms with Gasteiger partial charge in [0.2, 0.25) is 0 Å². The summed E-state index contributed by atoms with van der Waals surface area (Å²) in [6.07, 6.45) is 7.70. The van der Waals surface area contributed by atoms with Crippen molar-refractivity contribution in [1.29, 1.82) is 0 Å². The van der Waals surface area contributed by atoms with Crippen molar-refractivity contribution in [3.63, 3.8) is 0 Å². The number of aliphatic carboxylic acids is 1. The maximum Gasteiger partial charge on any atom is 0.306 e. The van der Waals surface area contributed by atoms with Crippen LogP contribution in [0.15, 0.2) is 0 Å². The first-order chi connectivity index (χ1) is 8.02. The molecule has 1 N–H and O–H groups in total. The molecule has 102 valence electrons. The highest BCUT2D eigenvalue weighted by Gasteiger charge is 2.27. The summed E-state index contributed by atoms with van der Waals surface area (Å²) in [6.45, 7) is 8.58. The largest absolute Gasteiger partial charge is 0.481 e. The van der Waals surface area contributed by atoms with E-state index >= 15 is 0 Å². The summed E-state index contributed by atoms with van der Waals surface area (Å²) < 4.78 is 0. The Morgan fingerprint density at radius 2 is 1.71 bits per heavy atom. The van der Waals surface area contributed by atoms with Crippen LogP contribution in [0.5, 0.6) is 0 Å². The van der Waals surface area contributed by atoms with Crippen LogP contribution in [0.4, 0.5) is 0 Å². The van der Waals surface area contributed by atoms with Gasteiger partial charge in [-0.1, -0.05) is 53.4 Å². The van der Waals surface area contributed by atoms with Crippen molar-refractivity contribution < 1.29 is 9.90 Å². The third-order valence-electron chi connectivity index (χ3n) is 3.45. The molecule has 0 bridgehead atoms. The lowest BCUT2D eigenvalue weighted by Crippen LogP contribution is -2.25.